The number of nitrogens with zero attached hydrogens (tertiary/aromatic N) is 4. The topological polar surface area (TPSA) is 61.7 Å². The molecule has 14 heavy (non-hydrogen) atoms. The molecule has 0 saturated carbocycles. The number of azide groups is 1. The van der Waals surface area contributed by atoms with Crippen molar-refractivity contribution in [2.75, 3.05) is 6.54 Å². The van der Waals surface area contributed by atoms with E-state index in [2.05, 4.69) is 42.8 Å². The molecule has 5 heteroatoms. The molecule has 0 atom stereocenters. The smallest absolute Gasteiger partial charge is 0.113 e. The molecule has 0 radical (unpaired) electrons. The summed E-state index contributed by atoms with van der Waals surface area (Å²) >= 11 is 3.28. The van der Waals surface area contributed by atoms with E-state index in [0.717, 1.165) is 4.47 Å². The summed E-state index contributed by atoms with van der Waals surface area (Å²) < 4.78 is 0.928. The van der Waals surface area contributed by atoms with Gasteiger partial charge in [-0.05, 0) is 39.5 Å². The molecule has 0 fully saturated rings. The summed E-state index contributed by atoms with van der Waals surface area (Å²) in [7, 11) is 0. The maximum atomic E-state index is 8.01. The highest BCUT2D eigenvalue weighted by atomic mass is 79.9. The van der Waals surface area contributed by atoms with Crippen molar-refractivity contribution in [3.63, 3.8) is 0 Å². The second kappa shape index (κ2) is 6.03. The van der Waals surface area contributed by atoms with Gasteiger partial charge >= 0.3 is 0 Å². The molecule has 1 rings (SSSR count). The van der Waals surface area contributed by atoms with Gasteiger partial charge in [-0.25, -0.2) is 4.98 Å². The Hall–Kier alpha value is -1.50. The Morgan fingerprint density at radius 2 is 2.43 bits per heavy atom. The molecule has 1 heterocycles. The summed E-state index contributed by atoms with van der Waals surface area (Å²) in [6, 6.07) is 3.70. The third-order valence-corrected chi connectivity index (χ3v) is 1.81. The van der Waals surface area contributed by atoms with Crippen LogP contribution in [0.15, 0.2) is 27.9 Å². The van der Waals surface area contributed by atoms with Gasteiger partial charge < -0.3 is 0 Å². The van der Waals surface area contributed by atoms with Crippen LogP contribution in [0.3, 0.4) is 0 Å². The van der Waals surface area contributed by atoms with E-state index in [1.165, 1.54) is 0 Å². The predicted octanol–water partition coefficient (Wildman–Crippen LogP) is 2.90. The molecule has 1 aromatic rings. The average molecular weight is 251 g/mol. The van der Waals surface area contributed by atoms with Crippen LogP contribution < -0.4 is 0 Å². The van der Waals surface area contributed by atoms with E-state index in [-0.39, 0.29) is 0 Å². The Bertz CT molecular complexity index is 395. The van der Waals surface area contributed by atoms with E-state index >= 15 is 0 Å². The first-order valence-electron chi connectivity index (χ1n) is 3.94. The summed E-state index contributed by atoms with van der Waals surface area (Å²) in [6.45, 7) is 0.403. The van der Waals surface area contributed by atoms with E-state index in [4.69, 9.17) is 5.53 Å². The van der Waals surface area contributed by atoms with Crippen molar-refractivity contribution >= 4 is 15.9 Å². The number of hydrogen-bond donors (Lipinski definition) is 0. The van der Waals surface area contributed by atoms with Crippen LogP contribution in [0.25, 0.3) is 10.4 Å². The van der Waals surface area contributed by atoms with Crippen LogP contribution in [0.4, 0.5) is 0 Å². The Balaban J connectivity index is 2.51. The number of halogens is 1. The number of aromatic nitrogens is 1. The van der Waals surface area contributed by atoms with Gasteiger partial charge in [0.1, 0.15) is 5.69 Å². The second-order valence-corrected chi connectivity index (χ2v) is 3.28. The van der Waals surface area contributed by atoms with Gasteiger partial charge in [-0.3, -0.25) is 0 Å². The fourth-order valence-corrected chi connectivity index (χ4v) is 0.988. The maximum Gasteiger partial charge on any atom is 0.113 e. The predicted molar refractivity (Wildman–Crippen MR) is 57.4 cm³/mol. The monoisotopic (exact) mass is 250 g/mol. The maximum absolute atomic E-state index is 8.01. The van der Waals surface area contributed by atoms with Gasteiger partial charge in [-0.1, -0.05) is 11.0 Å². The van der Waals surface area contributed by atoms with E-state index in [1.807, 2.05) is 12.1 Å². The van der Waals surface area contributed by atoms with Gasteiger partial charge in [0.25, 0.3) is 0 Å². The third-order valence-electron chi connectivity index (χ3n) is 1.34. The Kier molecular flexibility index (Phi) is 4.56. The molecule has 0 aliphatic heterocycles. The van der Waals surface area contributed by atoms with Gasteiger partial charge in [0.15, 0.2) is 0 Å². The van der Waals surface area contributed by atoms with Gasteiger partial charge in [0, 0.05) is 28.5 Å². The van der Waals surface area contributed by atoms with Crippen LogP contribution in [0.5, 0.6) is 0 Å². The lowest BCUT2D eigenvalue weighted by atomic mass is 10.3. The lowest BCUT2D eigenvalue weighted by Crippen LogP contribution is -1.80. The summed E-state index contributed by atoms with van der Waals surface area (Å²) in [6.07, 6.45) is 2.25. The average Bonchev–Trinajstić information content (AvgIpc) is 2.21. The van der Waals surface area contributed by atoms with Crippen LogP contribution in [0.1, 0.15) is 12.1 Å². The molecule has 0 N–H and O–H groups in total. The minimum atomic E-state index is 0.403. The molecular formula is C9H7BrN4. The van der Waals surface area contributed by atoms with Gasteiger partial charge in [0.05, 0.1) is 0 Å². The molecular weight excluding hydrogens is 244 g/mol. The quantitative estimate of drug-likeness (QED) is 0.262. The summed E-state index contributed by atoms with van der Waals surface area (Å²) in [5.74, 6) is 5.73. The second-order valence-electron chi connectivity index (χ2n) is 2.37. The summed E-state index contributed by atoms with van der Waals surface area (Å²) in [5, 5.41) is 3.37. The van der Waals surface area contributed by atoms with Crippen molar-refractivity contribution in [2.45, 2.75) is 6.42 Å². The van der Waals surface area contributed by atoms with Crippen LogP contribution in [-0.4, -0.2) is 11.5 Å². The lowest BCUT2D eigenvalue weighted by Gasteiger charge is -1.88. The molecule has 1 aromatic heterocycles. The third kappa shape index (κ3) is 3.94. The Morgan fingerprint density at radius 3 is 3.07 bits per heavy atom. The molecule has 0 amide bonds. The molecule has 0 spiro atoms. The fraction of sp³-hybridized carbons (Fsp3) is 0.222. The van der Waals surface area contributed by atoms with Gasteiger partial charge in [0.2, 0.25) is 0 Å². The molecule has 0 unspecified atom stereocenters. The SMILES string of the molecule is [N-]=[N+]=NCCC#Cc1ccc(Br)cn1. The van der Waals surface area contributed by atoms with Gasteiger partial charge in [-0.2, -0.15) is 0 Å². The molecule has 70 valence electrons. The first-order chi connectivity index (χ1) is 6.83. The van der Waals surface area contributed by atoms with Crippen molar-refractivity contribution in [1.29, 1.82) is 0 Å². The normalized spacial score (nSPS) is 8.36. The zero-order chi connectivity index (χ0) is 10.2. The number of pyridine rings is 1. The first kappa shape index (κ1) is 10.6. The van der Waals surface area contributed by atoms with Crippen molar-refractivity contribution in [1.82, 2.24) is 4.98 Å². The standard InChI is InChI=1S/C9H7BrN4/c10-8-4-5-9(12-7-8)3-1-2-6-13-14-11/h4-5,7H,2,6H2. The van der Waals surface area contributed by atoms with E-state index < -0.39 is 0 Å². The summed E-state index contributed by atoms with van der Waals surface area (Å²) in [4.78, 5) is 6.70. The first-order valence-corrected chi connectivity index (χ1v) is 4.73. The highest BCUT2D eigenvalue weighted by Gasteiger charge is 1.87. The minimum Gasteiger partial charge on any atom is -0.247 e. The van der Waals surface area contributed by atoms with Crippen molar-refractivity contribution < 1.29 is 0 Å². The molecule has 0 bridgehead atoms. The molecule has 0 aliphatic rings. The van der Waals surface area contributed by atoms with E-state index in [1.54, 1.807) is 6.20 Å². The van der Waals surface area contributed by atoms with Crippen LogP contribution in [-0.2, 0) is 0 Å². The van der Waals surface area contributed by atoms with Crippen molar-refractivity contribution in [2.24, 2.45) is 5.11 Å². The lowest BCUT2D eigenvalue weighted by molar-refractivity contribution is 1.01. The number of rotatable bonds is 2. The molecule has 0 saturated heterocycles. The van der Waals surface area contributed by atoms with Gasteiger partial charge in [-0.15, -0.1) is 0 Å². The Labute approximate surface area is 90.1 Å². The van der Waals surface area contributed by atoms with E-state index in [0.29, 0.717) is 18.7 Å². The highest BCUT2D eigenvalue weighted by Crippen LogP contribution is 2.06. The largest absolute Gasteiger partial charge is 0.247 e. The number of hydrogen-bond acceptors (Lipinski definition) is 2. The van der Waals surface area contributed by atoms with E-state index in [9.17, 15) is 0 Å². The zero-order valence-corrected chi connectivity index (χ0v) is 8.90. The van der Waals surface area contributed by atoms with Crippen LogP contribution in [0.2, 0.25) is 0 Å². The molecule has 0 aliphatic carbocycles. The van der Waals surface area contributed by atoms with Crippen molar-refractivity contribution in [3.05, 3.63) is 38.9 Å². The fourth-order valence-electron chi connectivity index (χ4n) is 0.753. The van der Waals surface area contributed by atoms with Crippen LogP contribution >= 0.6 is 15.9 Å². The minimum absolute atomic E-state index is 0.403. The van der Waals surface area contributed by atoms with Crippen LogP contribution in [0, 0.1) is 11.8 Å². The Morgan fingerprint density at radius 1 is 1.57 bits per heavy atom. The zero-order valence-electron chi connectivity index (χ0n) is 7.31. The highest BCUT2D eigenvalue weighted by molar-refractivity contribution is 9.10. The van der Waals surface area contributed by atoms with Crippen molar-refractivity contribution in [3.8, 4) is 11.8 Å². The summed E-state index contributed by atoms with van der Waals surface area (Å²) in [5.41, 5.74) is 8.72. The molecule has 0 aromatic carbocycles. The molecule has 4 nitrogen and oxygen atoms in total.